The second kappa shape index (κ2) is 3.01. The van der Waals surface area contributed by atoms with Gasteiger partial charge in [-0.25, -0.2) is 4.76 Å². The lowest BCUT2D eigenvalue weighted by molar-refractivity contribution is 1.95. The van der Waals surface area contributed by atoms with Crippen LogP contribution in [0.2, 0.25) is 0 Å². The molecule has 0 N–H and O–H groups in total. The standard InChI is InChI=1S/C5H5ClNP/c6-5-3-1-2-4-8-7-5/h1-4,8H. The molecular formula is C5H5ClNP. The fourth-order valence-electron chi connectivity index (χ4n) is 0.370. The highest BCUT2D eigenvalue weighted by atomic mass is 35.5. The Morgan fingerprint density at radius 2 is 2.38 bits per heavy atom. The molecule has 0 bridgehead atoms. The van der Waals surface area contributed by atoms with Crippen LogP contribution in [0.15, 0.2) is 28.8 Å². The molecule has 0 fully saturated rings. The van der Waals surface area contributed by atoms with Gasteiger partial charge in [-0.1, -0.05) is 23.8 Å². The van der Waals surface area contributed by atoms with E-state index < -0.39 is 0 Å². The lowest BCUT2D eigenvalue weighted by Gasteiger charge is -1.79. The van der Waals surface area contributed by atoms with Gasteiger partial charge in [-0.2, -0.15) is 0 Å². The minimum atomic E-state index is 0.488. The van der Waals surface area contributed by atoms with Gasteiger partial charge in [0.05, 0.1) is 0 Å². The van der Waals surface area contributed by atoms with Crippen LogP contribution in [0.4, 0.5) is 0 Å². The van der Waals surface area contributed by atoms with E-state index in [0.717, 1.165) is 0 Å². The van der Waals surface area contributed by atoms with Crippen LogP contribution < -0.4 is 0 Å². The van der Waals surface area contributed by atoms with Crippen LogP contribution in [0.3, 0.4) is 0 Å². The van der Waals surface area contributed by atoms with Crippen molar-refractivity contribution in [1.29, 1.82) is 0 Å². The Kier molecular flexibility index (Phi) is 2.26. The smallest absolute Gasteiger partial charge is 0.127 e. The fourth-order valence-corrected chi connectivity index (χ4v) is 1.06. The third-order valence-electron chi connectivity index (χ3n) is 0.687. The number of allylic oxidation sites excluding steroid dienone is 3. The highest BCUT2D eigenvalue weighted by molar-refractivity contribution is 7.40. The topological polar surface area (TPSA) is 12.4 Å². The molecular weight excluding hydrogens is 140 g/mol. The van der Waals surface area contributed by atoms with E-state index in [4.69, 9.17) is 11.6 Å². The Morgan fingerprint density at radius 1 is 1.50 bits per heavy atom. The highest BCUT2D eigenvalue weighted by Crippen LogP contribution is 2.17. The van der Waals surface area contributed by atoms with Crippen molar-refractivity contribution in [2.45, 2.75) is 0 Å². The molecule has 1 heterocycles. The molecule has 1 aliphatic rings. The molecule has 1 nitrogen and oxygen atoms in total. The average Bonchev–Trinajstić information content (AvgIpc) is 1.94. The molecule has 1 rings (SSSR count). The number of hydrogen-bond acceptors (Lipinski definition) is 1. The molecule has 0 aromatic rings. The number of halogens is 1. The number of hydrogen-bond donors (Lipinski definition) is 0. The molecule has 42 valence electrons. The first-order valence-electron chi connectivity index (χ1n) is 2.21. The lowest BCUT2D eigenvalue weighted by Crippen LogP contribution is -1.70. The molecule has 3 heteroatoms. The van der Waals surface area contributed by atoms with Gasteiger partial charge >= 0.3 is 0 Å². The van der Waals surface area contributed by atoms with Crippen molar-refractivity contribution >= 4 is 25.5 Å². The van der Waals surface area contributed by atoms with Crippen molar-refractivity contribution in [3.8, 4) is 0 Å². The molecule has 1 aliphatic heterocycles. The summed E-state index contributed by atoms with van der Waals surface area (Å²) < 4.78 is 3.96. The molecule has 0 aromatic heterocycles. The van der Waals surface area contributed by atoms with Crippen LogP contribution in [0.25, 0.3) is 0 Å². The molecule has 8 heavy (non-hydrogen) atoms. The summed E-state index contributed by atoms with van der Waals surface area (Å²) in [6.45, 7) is 0. The number of nitrogens with zero attached hydrogens (tertiary/aromatic N) is 1. The zero-order valence-electron chi connectivity index (χ0n) is 4.13. The summed E-state index contributed by atoms with van der Waals surface area (Å²) in [5.74, 6) is 1.98. The van der Waals surface area contributed by atoms with Crippen LogP contribution in [-0.4, -0.2) is 5.17 Å². The van der Waals surface area contributed by atoms with Gasteiger partial charge in [-0.3, -0.25) is 0 Å². The molecule has 0 aromatic carbocycles. The normalized spacial score (nSPS) is 20.9. The summed E-state index contributed by atoms with van der Waals surface area (Å²) in [6, 6.07) is 0. The summed E-state index contributed by atoms with van der Waals surface area (Å²) in [7, 11) is 0.488. The van der Waals surface area contributed by atoms with Gasteiger partial charge in [0.15, 0.2) is 0 Å². The molecule has 1 atom stereocenters. The zero-order chi connectivity index (χ0) is 5.82. The molecule has 0 aliphatic carbocycles. The third-order valence-corrected chi connectivity index (χ3v) is 1.75. The summed E-state index contributed by atoms with van der Waals surface area (Å²) in [5, 5.41) is 0.591. The summed E-state index contributed by atoms with van der Waals surface area (Å²) in [5.41, 5.74) is 0. The van der Waals surface area contributed by atoms with Crippen LogP contribution >= 0.6 is 20.3 Å². The van der Waals surface area contributed by atoms with Crippen molar-refractivity contribution in [2.24, 2.45) is 4.76 Å². The Balaban J connectivity index is 2.69. The SMILES string of the molecule is ClC1=NPC=CC=C1. The van der Waals surface area contributed by atoms with Gasteiger partial charge < -0.3 is 0 Å². The second-order valence-electron chi connectivity index (χ2n) is 1.28. The second-order valence-corrected chi connectivity index (χ2v) is 2.48. The van der Waals surface area contributed by atoms with E-state index in [1.165, 1.54) is 0 Å². The maximum absolute atomic E-state index is 5.55. The van der Waals surface area contributed by atoms with Crippen molar-refractivity contribution in [1.82, 2.24) is 0 Å². The van der Waals surface area contributed by atoms with Crippen LogP contribution in [0.1, 0.15) is 0 Å². The predicted molar refractivity (Wildman–Crippen MR) is 39.9 cm³/mol. The molecule has 1 unspecified atom stereocenters. The average molecular weight is 146 g/mol. The maximum atomic E-state index is 5.55. The summed E-state index contributed by atoms with van der Waals surface area (Å²) in [6.07, 6.45) is 5.60. The van der Waals surface area contributed by atoms with Crippen molar-refractivity contribution in [3.05, 3.63) is 24.0 Å². The summed E-state index contributed by atoms with van der Waals surface area (Å²) >= 11 is 5.55. The Bertz CT molecular complexity index is 157. The first-order valence-corrected chi connectivity index (χ1v) is 3.62. The van der Waals surface area contributed by atoms with E-state index in [9.17, 15) is 0 Å². The quantitative estimate of drug-likeness (QED) is 0.464. The van der Waals surface area contributed by atoms with E-state index in [1.54, 1.807) is 6.08 Å². The zero-order valence-corrected chi connectivity index (χ0v) is 5.89. The molecule has 0 radical (unpaired) electrons. The van der Waals surface area contributed by atoms with E-state index in [1.807, 2.05) is 18.0 Å². The third kappa shape index (κ3) is 1.77. The van der Waals surface area contributed by atoms with Crippen molar-refractivity contribution in [3.63, 3.8) is 0 Å². The predicted octanol–water partition coefficient (Wildman–Crippen LogP) is 2.30. The largest absolute Gasteiger partial charge is 0.249 e. The molecule has 0 amide bonds. The maximum Gasteiger partial charge on any atom is 0.127 e. The van der Waals surface area contributed by atoms with Crippen LogP contribution in [-0.2, 0) is 0 Å². The highest BCUT2D eigenvalue weighted by Gasteiger charge is 1.84. The van der Waals surface area contributed by atoms with E-state index >= 15 is 0 Å². The molecule has 0 saturated heterocycles. The van der Waals surface area contributed by atoms with Crippen LogP contribution in [0.5, 0.6) is 0 Å². The Labute approximate surface area is 55.0 Å². The van der Waals surface area contributed by atoms with Gasteiger partial charge in [-0.05, 0) is 11.9 Å². The van der Waals surface area contributed by atoms with E-state index in [2.05, 4.69) is 4.76 Å². The fraction of sp³-hybridized carbons (Fsp3) is 0. The minimum absolute atomic E-state index is 0.488. The van der Waals surface area contributed by atoms with E-state index in [-0.39, 0.29) is 0 Å². The lowest BCUT2D eigenvalue weighted by atomic mass is 10.5. The molecule has 0 saturated carbocycles. The van der Waals surface area contributed by atoms with Crippen molar-refractivity contribution in [2.75, 3.05) is 0 Å². The first kappa shape index (κ1) is 6.00. The van der Waals surface area contributed by atoms with Gasteiger partial charge in [0, 0.05) is 8.73 Å². The molecule has 0 spiro atoms. The Morgan fingerprint density at radius 3 is 3.25 bits per heavy atom. The van der Waals surface area contributed by atoms with Gasteiger partial charge in [0.1, 0.15) is 5.17 Å². The number of rotatable bonds is 0. The van der Waals surface area contributed by atoms with Gasteiger partial charge in [-0.15, -0.1) is 0 Å². The van der Waals surface area contributed by atoms with Crippen molar-refractivity contribution < 1.29 is 0 Å². The van der Waals surface area contributed by atoms with E-state index in [0.29, 0.717) is 13.9 Å². The van der Waals surface area contributed by atoms with Crippen LogP contribution in [0, 0.1) is 0 Å². The summed E-state index contributed by atoms with van der Waals surface area (Å²) in [4.78, 5) is 0. The minimum Gasteiger partial charge on any atom is -0.249 e. The van der Waals surface area contributed by atoms with Gasteiger partial charge in [0.2, 0.25) is 0 Å². The first-order chi connectivity index (χ1) is 3.89. The Hall–Kier alpha value is -0.130. The monoisotopic (exact) mass is 145 g/mol. The van der Waals surface area contributed by atoms with Gasteiger partial charge in [0.25, 0.3) is 0 Å².